The third-order valence-electron chi connectivity index (χ3n) is 3.73. The van der Waals surface area contributed by atoms with Gasteiger partial charge in [0, 0.05) is 15.4 Å². The predicted molar refractivity (Wildman–Crippen MR) is 100 cm³/mol. The number of aliphatic hydroxyl groups is 1. The number of primary amides is 1. The molecule has 1 aromatic carbocycles. The van der Waals surface area contributed by atoms with Crippen LogP contribution in [0.5, 0.6) is 5.75 Å². The molecule has 27 heavy (non-hydrogen) atoms. The zero-order valence-electron chi connectivity index (χ0n) is 14.0. The molecule has 7 nitrogen and oxygen atoms in total. The van der Waals surface area contributed by atoms with Gasteiger partial charge in [-0.2, -0.15) is 8.78 Å². The summed E-state index contributed by atoms with van der Waals surface area (Å²) in [6.07, 6.45) is 0.504. The molecule has 0 spiro atoms. The normalized spacial score (nSPS) is 13.7. The minimum atomic E-state index is -5.79. The summed E-state index contributed by atoms with van der Waals surface area (Å²) in [4.78, 5) is 28.7. The summed E-state index contributed by atoms with van der Waals surface area (Å²) in [6.45, 7) is 1.52. The highest BCUT2D eigenvalue weighted by Crippen LogP contribution is 2.63. The third-order valence-corrected chi connectivity index (χ3v) is 7.21. The molecule has 0 aliphatic carbocycles. The quantitative estimate of drug-likeness (QED) is 0.421. The fourth-order valence-electron chi connectivity index (χ4n) is 2.38. The molecule has 2 rings (SSSR count). The average molecular weight is 488 g/mol. The van der Waals surface area contributed by atoms with Gasteiger partial charge in [-0.25, -0.2) is 0 Å². The maximum Gasteiger partial charge on any atom is 0.400 e. The Bertz CT molecular complexity index is 915. The van der Waals surface area contributed by atoms with Crippen LogP contribution >= 0.6 is 34.9 Å². The number of ether oxygens (including phenoxy) is 1. The monoisotopic (exact) mass is 487 g/mol. The van der Waals surface area contributed by atoms with Crippen molar-refractivity contribution in [1.82, 2.24) is 0 Å². The summed E-state index contributed by atoms with van der Waals surface area (Å²) in [6, 6.07) is 2.49. The molecule has 150 valence electrons. The fourth-order valence-corrected chi connectivity index (χ4v) is 5.35. The minimum Gasteiger partial charge on any atom is -0.487 e. The molecule has 1 heterocycles. The second-order valence-corrected chi connectivity index (χ2v) is 9.22. The Labute approximate surface area is 165 Å². The van der Waals surface area contributed by atoms with E-state index in [2.05, 4.69) is 15.9 Å². The lowest BCUT2D eigenvalue weighted by molar-refractivity contribution is 0.0595. The number of hydrogen-bond donors (Lipinski definition) is 4. The van der Waals surface area contributed by atoms with Crippen LogP contribution in [0.2, 0.25) is 0 Å². The van der Waals surface area contributed by atoms with Gasteiger partial charge in [0.2, 0.25) is 5.91 Å². The second kappa shape index (κ2) is 8.10. The summed E-state index contributed by atoms with van der Waals surface area (Å²) in [7, 11) is -5.79. The van der Waals surface area contributed by atoms with Gasteiger partial charge in [-0.05, 0) is 34.5 Å². The van der Waals surface area contributed by atoms with Crippen LogP contribution in [0.3, 0.4) is 0 Å². The van der Waals surface area contributed by atoms with E-state index >= 15 is 0 Å². The molecule has 1 aromatic heterocycles. The molecule has 5 N–H and O–H groups in total. The second-order valence-electron chi connectivity index (χ2n) is 5.76. The van der Waals surface area contributed by atoms with Crippen molar-refractivity contribution in [2.75, 3.05) is 6.61 Å². The first kappa shape index (κ1) is 22.2. The Kier molecular flexibility index (Phi) is 6.66. The van der Waals surface area contributed by atoms with Crippen LogP contribution in [-0.4, -0.2) is 33.5 Å². The van der Waals surface area contributed by atoms with E-state index in [1.54, 1.807) is 0 Å². The van der Waals surface area contributed by atoms with Gasteiger partial charge in [0.25, 0.3) is 0 Å². The van der Waals surface area contributed by atoms with E-state index in [0.29, 0.717) is 24.2 Å². The summed E-state index contributed by atoms with van der Waals surface area (Å²) in [5.41, 5.74) is 0.816. The number of nitrogens with two attached hydrogens (primary N) is 1. The number of fused-ring (bicyclic) bond motifs is 1. The minimum absolute atomic E-state index is 0.0206. The van der Waals surface area contributed by atoms with E-state index in [9.17, 15) is 23.2 Å². The molecule has 0 aliphatic rings. The van der Waals surface area contributed by atoms with E-state index < -0.39 is 30.1 Å². The number of amides is 1. The Morgan fingerprint density at radius 3 is 2.56 bits per heavy atom. The van der Waals surface area contributed by atoms with Crippen molar-refractivity contribution in [3.63, 3.8) is 0 Å². The lowest BCUT2D eigenvalue weighted by atomic mass is 10.1. The highest BCUT2D eigenvalue weighted by molar-refractivity contribution is 9.10. The van der Waals surface area contributed by atoms with Crippen molar-refractivity contribution < 1.29 is 37.8 Å². The number of rotatable bonds is 8. The van der Waals surface area contributed by atoms with Crippen molar-refractivity contribution in [3.05, 3.63) is 27.0 Å². The first-order valence-corrected chi connectivity index (χ1v) is 10.9. The van der Waals surface area contributed by atoms with Crippen LogP contribution in [0.1, 0.15) is 35.0 Å². The molecule has 0 saturated carbocycles. The summed E-state index contributed by atoms with van der Waals surface area (Å²) in [5.74, 6) is -0.813. The van der Waals surface area contributed by atoms with Gasteiger partial charge >= 0.3 is 13.3 Å². The Morgan fingerprint density at radius 2 is 2.07 bits per heavy atom. The van der Waals surface area contributed by atoms with Crippen molar-refractivity contribution in [2.24, 2.45) is 5.73 Å². The fraction of sp³-hybridized carbons (Fsp3) is 0.400. The molecule has 0 bridgehead atoms. The van der Waals surface area contributed by atoms with Gasteiger partial charge in [0.1, 0.15) is 16.7 Å². The first-order valence-electron chi connectivity index (χ1n) is 7.71. The van der Waals surface area contributed by atoms with E-state index in [1.165, 1.54) is 12.1 Å². The lowest BCUT2D eigenvalue weighted by Crippen LogP contribution is -2.21. The molecule has 0 radical (unpaired) electrons. The number of hydrogen-bond acceptors (Lipinski definition) is 5. The lowest BCUT2D eigenvalue weighted by Gasteiger charge is -2.17. The van der Waals surface area contributed by atoms with Gasteiger partial charge in [-0.1, -0.05) is 13.3 Å². The molecule has 1 amide bonds. The first-order chi connectivity index (χ1) is 12.4. The molecule has 1 unspecified atom stereocenters. The Balaban J connectivity index is 2.73. The molecule has 1 atom stereocenters. The molecule has 12 heteroatoms. The number of carbonyl (C=O) groups is 1. The third kappa shape index (κ3) is 4.33. The molecular formula is C15H17BrF2NO6PS. The topological polar surface area (TPSA) is 130 Å². The van der Waals surface area contributed by atoms with E-state index in [-0.39, 0.29) is 32.5 Å². The van der Waals surface area contributed by atoms with Crippen LogP contribution in [-0.2, 0) is 10.2 Å². The maximum absolute atomic E-state index is 14.2. The molecule has 2 aromatic rings. The highest BCUT2D eigenvalue weighted by Gasteiger charge is 2.53. The molecule has 0 saturated heterocycles. The number of benzene rings is 1. The Morgan fingerprint density at radius 1 is 1.44 bits per heavy atom. The smallest absolute Gasteiger partial charge is 0.400 e. The summed E-state index contributed by atoms with van der Waals surface area (Å²) >= 11 is 3.37. The van der Waals surface area contributed by atoms with Crippen molar-refractivity contribution in [2.45, 2.75) is 31.5 Å². The van der Waals surface area contributed by atoms with Gasteiger partial charge in [-0.15, -0.1) is 11.3 Å². The van der Waals surface area contributed by atoms with Crippen molar-refractivity contribution in [1.29, 1.82) is 0 Å². The largest absolute Gasteiger partial charge is 0.487 e. The van der Waals surface area contributed by atoms with Crippen LogP contribution in [0, 0.1) is 0 Å². The molecule has 0 fully saturated rings. The number of thiophene rings is 1. The van der Waals surface area contributed by atoms with Crippen LogP contribution < -0.4 is 10.5 Å². The van der Waals surface area contributed by atoms with Gasteiger partial charge in [0.05, 0.1) is 11.3 Å². The van der Waals surface area contributed by atoms with Gasteiger partial charge < -0.3 is 25.4 Å². The number of halogens is 3. The molecule has 0 aliphatic heterocycles. The zero-order valence-corrected chi connectivity index (χ0v) is 17.3. The van der Waals surface area contributed by atoms with Gasteiger partial charge in [0.15, 0.2) is 0 Å². The number of alkyl halides is 2. The van der Waals surface area contributed by atoms with E-state index in [0.717, 1.165) is 0 Å². The summed E-state index contributed by atoms with van der Waals surface area (Å²) in [5, 5.41) is 9.52. The number of aliphatic hydroxyl groups excluding tert-OH is 1. The average Bonchev–Trinajstić information content (AvgIpc) is 2.91. The molecular weight excluding hydrogens is 471 g/mol. The highest BCUT2D eigenvalue weighted by atomic mass is 79.9. The zero-order chi connectivity index (χ0) is 20.6. The van der Waals surface area contributed by atoms with E-state index in [1.807, 2.05) is 6.92 Å². The van der Waals surface area contributed by atoms with Crippen LogP contribution in [0.25, 0.3) is 10.1 Å². The van der Waals surface area contributed by atoms with Crippen molar-refractivity contribution >= 4 is 50.9 Å². The van der Waals surface area contributed by atoms with Crippen LogP contribution in [0.15, 0.2) is 16.6 Å². The number of carbonyl (C=O) groups excluding carboxylic acids is 1. The van der Waals surface area contributed by atoms with Crippen LogP contribution in [0.4, 0.5) is 8.78 Å². The predicted octanol–water partition coefficient (Wildman–Crippen LogP) is 3.53. The van der Waals surface area contributed by atoms with E-state index in [4.69, 9.17) is 20.3 Å². The van der Waals surface area contributed by atoms with Crippen molar-refractivity contribution in [3.8, 4) is 5.75 Å². The summed E-state index contributed by atoms with van der Waals surface area (Å²) < 4.78 is 45.3. The maximum atomic E-state index is 14.2. The van der Waals surface area contributed by atoms with Gasteiger partial charge in [-0.3, -0.25) is 9.36 Å². The SMILES string of the molecule is CCCC(CO)Oc1cc(C(N)=O)cc2c(Br)c(C(F)(F)P(=O)(O)O)sc12. The standard InChI is InChI=1S/C15H17BrF2NO6PS/c1-2-3-8(6-20)25-10-5-7(14(19)21)4-9-11(16)13(27-12(9)10)15(17,18)26(22,23)24/h4-5,8,20H,2-3,6H2,1H3,(H2,19,21)(H2,22,23,24). The Hall–Kier alpha value is -1.10.